The Hall–Kier alpha value is -1.63. The first-order valence-corrected chi connectivity index (χ1v) is 8.99. The third kappa shape index (κ3) is 2.72. The molecular weight excluding hydrogens is 322 g/mol. The van der Waals surface area contributed by atoms with Crippen LogP contribution < -0.4 is 0 Å². The van der Waals surface area contributed by atoms with E-state index in [4.69, 9.17) is 9.47 Å². The standard InChI is InChI=1S/C19H25NO5/c1-12-2-3-17(21)14(8-12)18(22)20-9-13-10-25-7-5-19(13,23)15-11-24-6-4-16(15)20/h2-3,8,13,15-16,21,23H,4-7,9-11H2,1H3/t13-,15+,16-,19-/m0/s1. The van der Waals surface area contributed by atoms with Gasteiger partial charge in [0.1, 0.15) is 5.75 Å². The average Bonchev–Trinajstić information content (AvgIpc) is 2.62. The van der Waals surface area contributed by atoms with Crippen LogP contribution in [0.1, 0.15) is 28.8 Å². The number of aromatic hydroxyl groups is 1. The Morgan fingerprint density at radius 3 is 2.92 bits per heavy atom. The first-order valence-electron chi connectivity index (χ1n) is 8.99. The third-order valence-electron chi connectivity index (χ3n) is 6.10. The number of aryl methyl sites for hydroxylation is 1. The number of carbonyl (C=O) groups is 1. The van der Waals surface area contributed by atoms with E-state index in [1.54, 1.807) is 18.2 Å². The van der Waals surface area contributed by atoms with Gasteiger partial charge < -0.3 is 24.6 Å². The van der Waals surface area contributed by atoms with Crippen molar-refractivity contribution in [2.24, 2.45) is 11.8 Å². The molecule has 0 aliphatic carbocycles. The van der Waals surface area contributed by atoms with Crippen molar-refractivity contribution < 1.29 is 24.5 Å². The van der Waals surface area contributed by atoms with Gasteiger partial charge in [-0.15, -0.1) is 0 Å². The maximum atomic E-state index is 13.2. The van der Waals surface area contributed by atoms with Crippen molar-refractivity contribution in [2.45, 2.75) is 31.4 Å². The number of fused-ring (bicyclic) bond motifs is 3. The number of aliphatic hydroxyl groups is 1. The molecule has 4 atom stereocenters. The SMILES string of the molecule is Cc1ccc(O)c(C(=O)N2C[C@H]3COCC[C@@]3(O)[C@@H]3COCC[C@@H]32)c1. The molecule has 0 spiro atoms. The molecule has 3 saturated heterocycles. The Morgan fingerprint density at radius 1 is 1.28 bits per heavy atom. The van der Waals surface area contributed by atoms with Crippen LogP contribution in [0.5, 0.6) is 5.75 Å². The fourth-order valence-electron chi connectivity index (χ4n) is 4.67. The number of nitrogens with zero attached hydrogens (tertiary/aromatic N) is 1. The van der Waals surface area contributed by atoms with Crippen LogP contribution in [0.2, 0.25) is 0 Å². The number of phenols is 1. The lowest BCUT2D eigenvalue weighted by molar-refractivity contribution is -0.212. The Morgan fingerprint density at radius 2 is 2.08 bits per heavy atom. The molecule has 3 fully saturated rings. The molecule has 1 aromatic carbocycles. The quantitative estimate of drug-likeness (QED) is 0.801. The minimum Gasteiger partial charge on any atom is -0.507 e. The van der Waals surface area contributed by atoms with E-state index in [0.717, 1.165) is 5.56 Å². The molecule has 0 aromatic heterocycles. The number of carbonyl (C=O) groups excluding carboxylic acids is 1. The molecule has 0 saturated carbocycles. The van der Waals surface area contributed by atoms with E-state index in [9.17, 15) is 15.0 Å². The monoisotopic (exact) mass is 347 g/mol. The highest BCUT2D eigenvalue weighted by Gasteiger charge is 2.56. The smallest absolute Gasteiger partial charge is 0.257 e. The highest BCUT2D eigenvalue weighted by molar-refractivity contribution is 5.97. The third-order valence-corrected chi connectivity index (χ3v) is 6.10. The summed E-state index contributed by atoms with van der Waals surface area (Å²) in [5.74, 6) is -0.412. The zero-order valence-electron chi connectivity index (χ0n) is 14.5. The summed E-state index contributed by atoms with van der Waals surface area (Å²) < 4.78 is 11.2. The minimum absolute atomic E-state index is 0.0000567. The van der Waals surface area contributed by atoms with Crippen LogP contribution in [0.3, 0.4) is 0 Å². The molecule has 6 heteroatoms. The molecule has 3 aliphatic rings. The van der Waals surface area contributed by atoms with Gasteiger partial charge in [-0.25, -0.2) is 0 Å². The van der Waals surface area contributed by atoms with Gasteiger partial charge in [0.05, 0.1) is 24.4 Å². The highest BCUT2D eigenvalue weighted by atomic mass is 16.5. The van der Waals surface area contributed by atoms with Crippen LogP contribution >= 0.6 is 0 Å². The van der Waals surface area contributed by atoms with Crippen molar-refractivity contribution in [1.82, 2.24) is 4.90 Å². The van der Waals surface area contributed by atoms with Gasteiger partial charge in [0.25, 0.3) is 5.91 Å². The molecule has 25 heavy (non-hydrogen) atoms. The number of likely N-dealkylation sites (tertiary alicyclic amines) is 1. The van der Waals surface area contributed by atoms with Crippen LogP contribution in [0.4, 0.5) is 0 Å². The summed E-state index contributed by atoms with van der Waals surface area (Å²) in [5, 5.41) is 21.5. The van der Waals surface area contributed by atoms with Gasteiger partial charge in [-0.05, 0) is 25.5 Å². The van der Waals surface area contributed by atoms with Crippen LogP contribution in [0, 0.1) is 18.8 Å². The molecular formula is C19H25NO5. The summed E-state index contributed by atoms with van der Waals surface area (Å²) >= 11 is 0. The van der Waals surface area contributed by atoms with Crippen molar-refractivity contribution >= 4 is 5.91 Å². The number of benzene rings is 1. The zero-order valence-corrected chi connectivity index (χ0v) is 14.5. The Kier molecular flexibility index (Phi) is 4.22. The summed E-state index contributed by atoms with van der Waals surface area (Å²) in [7, 11) is 0. The van der Waals surface area contributed by atoms with Crippen LogP contribution in [0.25, 0.3) is 0 Å². The Bertz CT molecular complexity index is 678. The molecule has 0 radical (unpaired) electrons. The van der Waals surface area contributed by atoms with Crippen molar-refractivity contribution in [2.75, 3.05) is 33.0 Å². The zero-order chi connectivity index (χ0) is 17.6. The highest BCUT2D eigenvalue weighted by Crippen LogP contribution is 2.44. The second-order valence-corrected chi connectivity index (χ2v) is 7.53. The number of hydrogen-bond acceptors (Lipinski definition) is 5. The van der Waals surface area contributed by atoms with Gasteiger partial charge in [-0.1, -0.05) is 11.6 Å². The van der Waals surface area contributed by atoms with Gasteiger partial charge in [0.2, 0.25) is 0 Å². The largest absolute Gasteiger partial charge is 0.507 e. The Labute approximate surface area is 147 Å². The fourth-order valence-corrected chi connectivity index (χ4v) is 4.67. The second kappa shape index (κ2) is 6.27. The average molecular weight is 347 g/mol. The summed E-state index contributed by atoms with van der Waals surface area (Å²) in [6.07, 6.45) is 1.29. The van der Waals surface area contributed by atoms with Crippen molar-refractivity contribution in [3.05, 3.63) is 29.3 Å². The van der Waals surface area contributed by atoms with E-state index in [1.807, 2.05) is 11.8 Å². The number of phenolic OH excluding ortho intramolecular Hbond substituents is 1. The van der Waals surface area contributed by atoms with E-state index in [1.165, 1.54) is 0 Å². The lowest BCUT2D eigenvalue weighted by atomic mass is 9.66. The fraction of sp³-hybridized carbons (Fsp3) is 0.632. The van der Waals surface area contributed by atoms with Gasteiger partial charge in [-0.2, -0.15) is 0 Å². The second-order valence-electron chi connectivity index (χ2n) is 7.53. The predicted octanol–water partition coefficient (Wildman–Crippen LogP) is 1.33. The molecule has 2 N–H and O–H groups in total. The van der Waals surface area contributed by atoms with Gasteiger partial charge >= 0.3 is 0 Å². The van der Waals surface area contributed by atoms with E-state index < -0.39 is 5.60 Å². The topological polar surface area (TPSA) is 79.2 Å². The first-order chi connectivity index (χ1) is 12.0. The molecule has 3 heterocycles. The maximum absolute atomic E-state index is 13.2. The van der Waals surface area contributed by atoms with Crippen molar-refractivity contribution in [3.63, 3.8) is 0 Å². The van der Waals surface area contributed by atoms with E-state index in [-0.39, 0.29) is 29.5 Å². The van der Waals surface area contributed by atoms with E-state index >= 15 is 0 Å². The molecule has 0 unspecified atom stereocenters. The molecule has 136 valence electrons. The molecule has 1 amide bonds. The number of piperidine rings is 1. The van der Waals surface area contributed by atoms with Crippen LogP contribution in [0.15, 0.2) is 18.2 Å². The molecule has 3 aliphatic heterocycles. The summed E-state index contributed by atoms with van der Waals surface area (Å²) in [6, 6.07) is 5.01. The first kappa shape index (κ1) is 16.8. The normalized spacial score (nSPS) is 35.0. The molecule has 1 aromatic rings. The number of rotatable bonds is 1. The molecule has 0 bridgehead atoms. The van der Waals surface area contributed by atoms with Crippen LogP contribution in [-0.4, -0.2) is 65.6 Å². The Balaban J connectivity index is 1.69. The summed E-state index contributed by atoms with van der Waals surface area (Å²) in [4.78, 5) is 15.0. The van der Waals surface area contributed by atoms with Gasteiger partial charge in [0, 0.05) is 44.1 Å². The van der Waals surface area contributed by atoms with E-state index in [0.29, 0.717) is 51.4 Å². The van der Waals surface area contributed by atoms with Crippen molar-refractivity contribution in [3.8, 4) is 5.75 Å². The molecule has 4 rings (SSSR count). The predicted molar refractivity (Wildman–Crippen MR) is 90.5 cm³/mol. The van der Waals surface area contributed by atoms with E-state index in [2.05, 4.69) is 0 Å². The molecule has 6 nitrogen and oxygen atoms in total. The number of amides is 1. The summed E-state index contributed by atoms with van der Waals surface area (Å²) in [5.41, 5.74) is 0.418. The maximum Gasteiger partial charge on any atom is 0.257 e. The van der Waals surface area contributed by atoms with Gasteiger partial charge in [0.15, 0.2) is 0 Å². The van der Waals surface area contributed by atoms with Crippen LogP contribution in [-0.2, 0) is 9.47 Å². The summed E-state index contributed by atoms with van der Waals surface area (Å²) in [6.45, 7) is 4.39. The van der Waals surface area contributed by atoms with Crippen molar-refractivity contribution in [1.29, 1.82) is 0 Å². The lowest BCUT2D eigenvalue weighted by Crippen LogP contribution is -2.68. The lowest BCUT2D eigenvalue weighted by Gasteiger charge is -2.57. The number of ether oxygens (including phenoxy) is 2. The number of hydrogen-bond donors (Lipinski definition) is 2. The minimum atomic E-state index is -0.839. The van der Waals surface area contributed by atoms with Gasteiger partial charge in [-0.3, -0.25) is 4.79 Å².